The molecule has 0 aliphatic carbocycles. The zero-order chi connectivity index (χ0) is 59.9. The number of carbonyl (C=O) groups excluding carboxylic acids is 9. The number of likely N-dealkylation sites (tertiary alicyclic amines) is 1. The molecule has 1 unspecified atom stereocenters. The Morgan fingerprint density at radius 3 is 1.88 bits per heavy atom. The molecule has 20 heteroatoms. The summed E-state index contributed by atoms with van der Waals surface area (Å²) in [5.41, 5.74) is 6.53. The van der Waals surface area contributed by atoms with Gasteiger partial charge >= 0.3 is 5.97 Å². The molecule has 2 heterocycles. The first kappa shape index (κ1) is 67.0. The minimum absolute atomic E-state index is 0.0402. The van der Waals surface area contributed by atoms with E-state index in [4.69, 9.17) is 14.2 Å². The molecule has 8 amide bonds. The predicted octanol–water partition coefficient (Wildman–Crippen LogP) is 5.45. The molecule has 1 fully saturated rings. The van der Waals surface area contributed by atoms with Crippen LogP contribution in [0.5, 0.6) is 0 Å². The van der Waals surface area contributed by atoms with Crippen LogP contribution in [0.1, 0.15) is 137 Å². The van der Waals surface area contributed by atoms with Crippen LogP contribution in [0.2, 0.25) is 0 Å². The van der Waals surface area contributed by atoms with Crippen molar-refractivity contribution >= 4 is 53.2 Å². The van der Waals surface area contributed by atoms with E-state index in [1.807, 2.05) is 114 Å². The number of carbonyl (C=O) groups is 9. The lowest BCUT2D eigenvalue weighted by Crippen LogP contribution is -2.60. The Morgan fingerprint density at radius 2 is 1.31 bits per heavy atom. The molecule has 20 nitrogen and oxygen atoms in total. The van der Waals surface area contributed by atoms with E-state index < -0.39 is 72.0 Å². The van der Waals surface area contributed by atoms with E-state index >= 15 is 0 Å². The van der Waals surface area contributed by atoms with E-state index in [2.05, 4.69) is 21.5 Å². The van der Waals surface area contributed by atoms with Gasteiger partial charge in [0.1, 0.15) is 18.7 Å². The van der Waals surface area contributed by atoms with Gasteiger partial charge in [-0.1, -0.05) is 129 Å². The Labute approximate surface area is 480 Å². The summed E-state index contributed by atoms with van der Waals surface area (Å²) in [6, 6.07) is 15.1. The second-order valence-electron chi connectivity index (χ2n) is 22.4. The number of nitrogens with zero attached hydrogens (tertiary/aromatic N) is 4. The molecule has 0 saturated carbocycles. The number of amides is 8. The van der Waals surface area contributed by atoms with E-state index in [0.29, 0.717) is 58.0 Å². The van der Waals surface area contributed by atoms with Crippen LogP contribution in [0.3, 0.4) is 0 Å². The molecule has 0 spiro atoms. The van der Waals surface area contributed by atoms with Gasteiger partial charge in [-0.25, -0.2) is 4.79 Å². The van der Waals surface area contributed by atoms with Crippen molar-refractivity contribution in [3.05, 3.63) is 83.9 Å². The molecule has 0 aromatic heterocycles. The first-order valence-electron chi connectivity index (χ1n) is 28.9. The molecular formula is C61H92N8O12. The van der Waals surface area contributed by atoms with Crippen molar-refractivity contribution in [2.75, 3.05) is 47.9 Å². The summed E-state index contributed by atoms with van der Waals surface area (Å²) in [4.78, 5) is 126. The number of unbranched alkanes of at least 4 members (excludes halogenated alkanes) is 2. The Morgan fingerprint density at radius 1 is 0.716 bits per heavy atom. The number of nitrogens with one attached hydrogen (secondary N) is 4. The number of imide groups is 1. The second kappa shape index (κ2) is 33.4. The smallest absolute Gasteiger partial charge is 0.329 e. The molecule has 2 aromatic rings. The molecule has 0 radical (unpaired) electrons. The molecule has 10 atom stereocenters. The molecule has 448 valence electrons. The van der Waals surface area contributed by atoms with Crippen LogP contribution >= 0.6 is 0 Å². The van der Waals surface area contributed by atoms with Crippen LogP contribution in [0, 0.1) is 23.7 Å². The minimum atomic E-state index is -1.02. The second-order valence-corrected chi connectivity index (χ2v) is 22.4. The molecule has 4 rings (SSSR count). The van der Waals surface area contributed by atoms with Crippen LogP contribution in [0.25, 0.3) is 0 Å². The SMILES string of the molecule is CC[C@H](C)C([C@@H](CC(=O)N1CCC[C@H]1[C@H](OC)[C@@H](C)C(=O)N[C@H](C(=O)OCc1ccccc1)[C@@H](C)c1ccccc1)OC)N(C)C(=O)[C@@H](NC(=O)[C@H](C(C)C)N(C)CCCC(=O)NNC(=O)CCCCCN1C(=O)C=CC1=O)C(C)C. The number of hydrogen-bond acceptors (Lipinski definition) is 13. The number of rotatable bonds is 33. The number of hydrogen-bond donors (Lipinski definition) is 4. The average Bonchev–Trinajstić information content (AvgIpc) is 4.07. The van der Waals surface area contributed by atoms with E-state index in [9.17, 15) is 43.2 Å². The number of esters is 1. The number of methoxy groups -OCH3 is 2. The van der Waals surface area contributed by atoms with Gasteiger partial charge < -0.3 is 34.6 Å². The molecule has 4 N–H and O–H groups in total. The standard InChI is InChI=1S/C61H92N8O12/c1-13-41(6)56(67(10)60(77)53(39(2)3)62-59(76)55(40(4)5)66(9)34-24-31-49(71)65-64-48(70)30-21-16-22-35-69-50(72)32-33-51(69)73)47(79-11)37-52(74)68-36-23-29-46(68)57(80-12)43(8)58(75)63-54(42(7)45-27-19-15-20-28-45)61(78)81-38-44-25-17-14-18-26-44/h14-15,17-20,25-28,32-33,39-43,46-47,53-57H,13,16,21-24,29-31,34-38H2,1-12H3,(H,62,76)(H,63,75)(H,64,70)(H,65,71)/t41-,42-,43+,46-,47+,53-,54-,55-,56?,57+/m0/s1. The zero-order valence-corrected chi connectivity index (χ0v) is 49.9. The lowest BCUT2D eigenvalue weighted by Gasteiger charge is -2.41. The molecule has 0 bridgehead atoms. The summed E-state index contributed by atoms with van der Waals surface area (Å²) in [5.74, 6) is -5.19. The topological polar surface area (TPSA) is 242 Å². The fourth-order valence-corrected chi connectivity index (χ4v) is 11.0. The number of hydrazine groups is 1. The number of ether oxygens (including phenoxy) is 3. The van der Waals surface area contributed by atoms with Gasteiger partial charge in [-0.3, -0.25) is 59.0 Å². The van der Waals surface area contributed by atoms with Crippen LogP contribution < -0.4 is 21.5 Å². The molecule has 2 aliphatic rings. The summed E-state index contributed by atoms with van der Waals surface area (Å²) in [6.07, 6.45) is 5.13. The normalized spacial score (nSPS) is 17.7. The van der Waals surface area contributed by atoms with Crippen molar-refractivity contribution in [2.24, 2.45) is 23.7 Å². The van der Waals surface area contributed by atoms with Crippen molar-refractivity contribution in [1.82, 2.24) is 41.1 Å². The lowest BCUT2D eigenvalue weighted by atomic mass is 9.89. The first-order chi connectivity index (χ1) is 38.6. The van der Waals surface area contributed by atoms with Crippen LogP contribution in [0.4, 0.5) is 0 Å². The van der Waals surface area contributed by atoms with E-state index in [-0.39, 0.29) is 85.6 Å². The Kier molecular flexibility index (Phi) is 27.6. The summed E-state index contributed by atoms with van der Waals surface area (Å²) in [5, 5.41) is 6.05. The average molecular weight is 1130 g/mol. The van der Waals surface area contributed by atoms with Gasteiger partial charge in [0.25, 0.3) is 11.8 Å². The van der Waals surface area contributed by atoms with Crippen molar-refractivity contribution in [3.8, 4) is 0 Å². The van der Waals surface area contributed by atoms with E-state index in [1.165, 1.54) is 26.4 Å². The van der Waals surface area contributed by atoms with Crippen molar-refractivity contribution in [1.29, 1.82) is 0 Å². The summed E-state index contributed by atoms with van der Waals surface area (Å²) in [6.45, 7) is 16.3. The van der Waals surface area contributed by atoms with Crippen LogP contribution in [-0.4, -0.2) is 163 Å². The van der Waals surface area contributed by atoms with Gasteiger partial charge in [0.2, 0.25) is 35.4 Å². The highest BCUT2D eigenvalue weighted by Crippen LogP contribution is 2.31. The predicted molar refractivity (Wildman–Crippen MR) is 307 cm³/mol. The Bertz CT molecular complexity index is 2410. The van der Waals surface area contributed by atoms with E-state index in [0.717, 1.165) is 16.0 Å². The summed E-state index contributed by atoms with van der Waals surface area (Å²) < 4.78 is 17.9. The van der Waals surface area contributed by atoms with Crippen LogP contribution in [0.15, 0.2) is 72.8 Å². The third kappa shape index (κ3) is 19.6. The van der Waals surface area contributed by atoms with Crippen molar-refractivity contribution < 1.29 is 57.4 Å². The van der Waals surface area contributed by atoms with Gasteiger partial charge in [-0.2, -0.15) is 0 Å². The third-order valence-corrected chi connectivity index (χ3v) is 15.9. The lowest BCUT2D eigenvalue weighted by molar-refractivity contribution is -0.151. The molecule has 81 heavy (non-hydrogen) atoms. The van der Waals surface area contributed by atoms with Crippen molar-refractivity contribution in [3.63, 3.8) is 0 Å². The van der Waals surface area contributed by atoms with Crippen molar-refractivity contribution in [2.45, 2.75) is 175 Å². The fraction of sp³-hybridized carbons (Fsp3) is 0.623. The summed E-state index contributed by atoms with van der Waals surface area (Å²) in [7, 11) is 6.51. The number of benzene rings is 2. The zero-order valence-electron chi connectivity index (χ0n) is 49.9. The van der Waals surface area contributed by atoms with Gasteiger partial charge in [-0.05, 0) is 74.6 Å². The minimum Gasteiger partial charge on any atom is -0.459 e. The highest BCUT2D eigenvalue weighted by Gasteiger charge is 2.44. The summed E-state index contributed by atoms with van der Waals surface area (Å²) >= 11 is 0. The fourth-order valence-electron chi connectivity index (χ4n) is 11.0. The van der Waals surface area contributed by atoms with Gasteiger partial charge in [0, 0.05) is 65.3 Å². The van der Waals surface area contributed by atoms with Gasteiger partial charge in [0.05, 0.1) is 42.7 Å². The molecule has 2 aliphatic heterocycles. The Hall–Kier alpha value is -6.51. The molecule has 2 aromatic carbocycles. The highest BCUT2D eigenvalue weighted by molar-refractivity contribution is 6.12. The maximum Gasteiger partial charge on any atom is 0.329 e. The first-order valence-corrected chi connectivity index (χ1v) is 28.9. The van der Waals surface area contributed by atoms with Crippen LogP contribution in [-0.2, 0) is 64.0 Å². The van der Waals surface area contributed by atoms with Gasteiger partial charge in [0.15, 0.2) is 0 Å². The molecular weight excluding hydrogens is 1040 g/mol. The monoisotopic (exact) mass is 1130 g/mol. The van der Waals surface area contributed by atoms with Gasteiger partial charge in [-0.15, -0.1) is 0 Å². The molecule has 1 saturated heterocycles. The maximum absolute atomic E-state index is 14.7. The largest absolute Gasteiger partial charge is 0.459 e. The third-order valence-electron chi connectivity index (χ3n) is 15.9. The Balaban J connectivity index is 1.36. The highest BCUT2D eigenvalue weighted by atomic mass is 16.5. The van der Waals surface area contributed by atoms with E-state index in [1.54, 1.807) is 30.8 Å². The quantitative estimate of drug-likeness (QED) is 0.0301. The maximum atomic E-state index is 14.7. The number of likely N-dealkylation sites (N-methyl/N-ethyl adjacent to an activating group) is 2.